The van der Waals surface area contributed by atoms with Crippen LogP contribution in [0, 0.1) is 0 Å². The Morgan fingerprint density at radius 2 is 2.14 bits per heavy atom. The molecule has 1 unspecified atom stereocenters. The zero-order valence-electron chi connectivity index (χ0n) is 9.67. The van der Waals surface area contributed by atoms with Crippen LogP contribution >= 0.6 is 0 Å². The number of likely N-dealkylation sites (N-methyl/N-ethyl adjacent to an activating group) is 2. The average Bonchev–Trinajstić information content (AvgIpc) is 2.21. The lowest BCUT2D eigenvalue weighted by atomic mass is 10.3. The number of hydrogen-bond donors (Lipinski definition) is 1. The van der Waals surface area contributed by atoms with Gasteiger partial charge in [0.15, 0.2) is 0 Å². The van der Waals surface area contributed by atoms with Gasteiger partial charge in [-0.2, -0.15) is 0 Å². The quantitative estimate of drug-likeness (QED) is 0.653. The predicted octanol–water partition coefficient (Wildman–Crippen LogP) is 0.479. The van der Waals surface area contributed by atoms with E-state index in [4.69, 9.17) is 4.74 Å². The van der Waals surface area contributed by atoms with E-state index in [2.05, 4.69) is 12.2 Å². The second-order valence-electron chi connectivity index (χ2n) is 3.26. The summed E-state index contributed by atoms with van der Waals surface area (Å²) in [4.78, 5) is 13.4. The summed E-state index contributed by atoms with van der Waals surface area (Å²) in [5.41, 5.74) is 0. The van der Waals surface area contributed by atoms with Crippen LogP contribution < -0.4 is 5.32 Å². The van der Waals surface area contributed by atoms with Gasteiger partial charge in [-0.3, -0.25) is 4.79 Å². The fourth-order valence-electron chi connectivity index (χ4n) is 1.11. The van der Waals surface area contributed by atoms with Crippen molar-refractivity contribution in [3.05, 3.63) is 0 Å². The lowest BCUT2D eigenvalue weighted by Gasteiger charge is -2.24. The molecule has 0 aliphatic carbocycles. The molecule has 0 spiro atoms. The Labute approximate surface area is 86.6 Å². The molecule has 0 fully saturated rings. The van der Waals surface area contributed by atoms with Gasteiger partial charge in [0.2, 0.25) is 5.91 Å². The van der Waals surface area contributed by atoms with Gasteiger partial charge in [0.05, 0.1) is 0 Å². The first-order valence-corrected chi connectivity index (χ1v) is 5.18. The molecule has 0 aliphatic heterocycles. The first kappa shape index (κ1) is 13.4. The van der Waals surface area contributed by atoms with Crippen LogP contribution in [0.2, 0.25) is 0 Å². The van der Waals surface area contributed by atoms with Gasteiger partial charge in [-0.05, 0) is 27.8 Å². The van der Waals surface area contributed by atoms with Crippen LogP contribution in [-0.4, -0.2) is 50.2 Å². The summed E-state index contributed by atoms with van der Waals surface area (Å²) in [6, 6.07) is 0.320. The van der Waals surface area contributed by atoms with Crippen LogP contribution in [0.5, 0.6) is 0 Å². The van der Waals surface area contributed by atoms with E-state index in [0.29, 0.717) is 12.6 Å². The SMILES string of the molecule is CCOCC(=O)N(CC)CC(C)NC. The molecule has 1 atom stereocenters. The van der Waals surface area contributed by atoms with Gasteiger partial charge < -0.3 is 15.0 Å². The summed E-state index contributed by atoms with van der Waals surface area (Å²) >= 11 is 0. The van der Waals surface area contributed by atoms with E-state index in [0.717, 1.165) is 13.1 Å². The maximum atomic E-state index is 11.6. The van der Waals surface area contributed by atoms with E-state index in [-0.39, 0.29) is 12.5 Å². The molecule has 0 aromatic rings. The summed E-state index contributed by atoms with van der Waals surface area (Å²) in [5.74, 6) is 0.0662. The predicted molar refractivity (Wildman–Crippen MR) is 57.3 cm³/mol. The number of nitrogens with one attached hydrogen (secondary N) is 1. The Hall–Kier alpha value is -0.610. The summed E-state index contributed by atoms with van der Waals surface area (Å²) in [7, 11) is 1.89. The topological polar surface area (TPSA) is 41.6 Å². The Morgan fingerprint density at radius 1 is 1.50 bits per heavy atom. The number of carbonyl (C=O) groups is 1. The normalized spacial score (nSPS) is 12.6. The van der Waals surface area contributed by atoms with Crippen molar-refractivity contribution < 1.29 is 9.53 Å². The molecular formula is C10H22N2O2. The van der Waals surface area contributed by atoms with Gasteiger partial charge in [-0.25, -0.2) is 0 Å². The first-order chi connectivity index (χ1) is 6.65. The largest absolute Gasteiger partial charge is 0.372 e. The minimum Gasteiger partial charge on any atom is -0.372 e. The van der Waals surface area contributed by atoms with Crippen molar-refractivity contribution in [3.63, 3.8) is 0 Å². The molecule has 84 valence electrons. The highest BCUT2D eigenvalue weighted by Gasteiger charge is 2.13. The number of nitrogens with zero attached hydrogens (tertiary/aromatic N) is 1. The average molecular weight is 202 g/mol. The van der Waals surface area contributed by atoms with Crippen LogP contribution in [0.15, 0.2) is 0 Å². The molecule has 0 bridgehead atoms. The highest BCUT2D eigenvalue weighted by Crippen LogP contribution is 1.94. The highest BCUT2D eigenvalue weighted by atomic mass is 16.5. The van der Waals surface area contributed by atoms with Gasteiger partial charge in [0, 0.05) is 25.7 Å². The van der Waals surface area contributed by atoms with Crippen molar-refractivity contribution in [1.29, 1.82) is 0 Å². The third kappa shape index (κ3) is 5.19. The summed E-state index contributed by atoms with van der Waals surface area (Å²) in [6.07, 6.45) is 0. The minimum absolute atomic E-state index is 0.0662. The number of ether oxygens (including phenoxy) is 1. The van der Waals surface area contributed by atoms with E-state index >= 15 is 0 Å². The lowest BCUT2D eigenvalue weighted by Crippen LogP contribution is -2.42. The van der Waals surface area contributed by atoms with Gasteiger partial charge in [-0.1, -0.05) is 0 Å². The molecule has 0 heterocycles. The molecule has 0 rings (SSSR count). The molecule has 4 heteroatoms. The number of amides is 1. The van der Waals surface area contributed by atoms with E-state index in [1.54, 1.807) is 4.90 Å². The molecule has 0 aromatic carbocycles. The monoisotopic (exact) mass is 202 g/mol. The van der Waals surface area contributed by atoms with Crippen molar-refractivity contribution in [1.82, 2.24) is 10.2 Å². The fourth-order valence-corrected chi connectivity index (χ4v) is 1.11. The van der Waals surface area contributed by atoms with Crippen molar-refractivity contribution in [2.24, 2.45) is 0 Å². The standard InChI is InChI=1S/C10H22N2O2/c1-5-12(7-9(3)11-4)10(13)8-14-6-2/h9,11H,5-8H2,1-4H3. The fraction of sp³-hybridized carbons (Fsp3) is 0.900. The van der Waals surface area contributed by atoms with Crippen LogP contribution in [0.3, 0.4) is 0 Å². The Morgan fingerprint density at radius 3 is 2.57 bits per heavy atom. The lowest BCUT2D eigenvalue weighted by molar-refractivity contribution is -0.136. The summed E-state index contributed by atoms with van der Waals surface area (Å²) < 4.78 is 5.08. The maximum Gasteiger partial charge on any atom is 0.248 e. The second-order valence-corrected chi connectivity index (χ2v) is 3.26. The second kappa shape index (κ2) is 7.76. The van der Waals surface area contributed by atoms with Gasteiger partial charge >= 0.3 is 0 Å². The summed E-state index contributed by atoms with van der Waals surface area (Å²) in [5, 5.41) is 3.11. The maximum absolute atomic E-state index is 11.6. The molecule has 0 aliphatic rings. The first-order valence-electron chi connectivity index (χ1n) is 5.18. The van der Waals surface area contributed by atoms with Crippen molar-refractivity contribution >= 4 is 5.91 Å². The molecule has 14 heavy (non-hydrogen) atoms. The van der Waals surface area contributed by atoms with Crippen molar-refractivity contribution in [3.8, 4) is 0 Å². The Balaban J connectivity index is 3.92. The molecule has 4 nitrogen and oxygen atoms in total. The van der Waals surface area contributed by atoms with E-state index < -0.39 is 0 Å². The number of hydrogen-bond acceptors (Lipinski definition) is 3. The Bertz CT molecular complexity index is 162. The highest BCUT2D eigenvalue weighted by molar-refractivity contribution is 5.77. The summed E-state index contributed by atoms with van der Waals surface area (Å²) in [6.45, 7) is 8.17. The van der Waals surface area contributed by atoms with Crippen LogP contribution in [0.1, 0.15) is 20.8 Å². The van der Waals surface area contributed by atoms with Crippen LogP contribution in [0.25, 0.3) is 0 Å². The van der Waals surface area contributed by atoms with Crippen molar-refractivity contribution in [2.45, 2.75) is 26.8 Å². The van der Waals surface area contributed by atoms with Gasteiger partial charge in [-0.15, -0.1) is 0 Å². The van der Waals surface area contributed by atoms with E-state index in [1.807, 2.05) is 20.9 Å². The van der Waals surface area contributed by atoms with Gasteiger partial charge in [0.1, 0.15) is 6.61 Å². The zero-order chi connectivity index (χ0) is 11.0. The zero-order valence-corrected chi connectivity index (χ0v) is 9.67. The molecule has 0 radical (unpaired) electrons. The van der Waals surface area contributed by atoms with Crippen LogP contribution in [0.4, 0.5) is 0 Å². The Kier molecular flexibility index (Phi) is 7.42. The molecule has 0 aromatic heterocycles. The minimum atomic E-state index is 0.0662. The number of carbonyl (C=O) groups excluding carboxylic acids is 1. The molecule has 1 N–H and O–H groups in total. The third-order valence-electron chi connectivity index (χ3n) is 2.15. The number of rotatable bonds is 7. The van der Waals surface area contributed by atoms with Crippen molar-refractivity contribution in [2.75, 3.05) is 33.4 Å². The smallest absolute Gasteiger partial charge is 0.248 e. The molecular weight excluding hydrogens is 180 g/mol. The third-order valence-corrected chi connectivity index (χ3v) is 2.15. The van der Waals surface area contributed by atoms with E-state index in [9.17, 15) is 4.79 Å². The molecule has 0 saturated carbocycles. The molecule has 0 saturated heterocycles. The van der Waals surface area contributed by atoms with E-state index in [1.165, 1.54) is 0 Å². The van der Waals surface area contributed by atoms with Gasteiger partial charge in [0.25, 0.3) is 0 Å². The van der Waals surface area contributed by atoms with Crippen LogP contribution in [-0.2, 0) is 9.53 Å². The molecule has 1 amide bonds.